The number of piperazine rings is 1. The predicted octanol–water partition coefficient (Wildman–Crippen LogP) is 3.54. The number of alkyl halides is 3. The van der Waals surface area contributed by atoms with Gasteiger partial charge in [0.25, 0.3) is 0 Å². The first kappa shape index (κ1) is 23.9. The van der Waals surface area contributed by atoms with Gasteiger partial charge in [0.05, 0.1) is 13.3 Å². The van der Waals surface area contributed by atoms with Crippen molar-refractivity contribution in [2.45, 2.75) is 6.18 Å². The monoisotopic (exact) mass is 492 g/mol. The summed E-state index contributed by atoms with van der Waals surface area (Å²) in [4.78, 5) is 20.3. The van der Waals surface area contributed by atoms with Gasteiger partial charge >= 0.3 is 6.18 Å². The summed E-state index contributed by atoms with van der Waals surface area (Å²) >= 11 is 0. The van der Waals surface area contributed by atoms with Gasteiger partial charge < -0.3 is 19.1 Å². The second-order valence-electron chi connectivity index (χ2n) is 8.18. The summed E-state index contributed by atoms with van der Waals surface area (Å²) in [7, 11) is -1.37. The van der Waals surface area contributed by atoms with Gasteiger partial charge in [0.15, 0.2) is 11.5 Å². The summed E-state index contributed by atoms with van der Waals surface area (Å²) in [6.45, 7) is 4.87. The third-order valence-corrected chi connectivity index (χ3v) is 6.78. The van der Waals surface area contributed by atoms with Gasteiger partial charge in [-0.1, -0.05) is 18.2 Å². The van der Waals surface area contributed by atoms with E-state index >= 15 is 0 Å². The zero-order valence-corrected chi connectivity index (χ0v) is 19.8. The van der Waals surface area contributed by atoms with Crippen molar-refractivity contribution in [1.29, 1.82) is 0 Å². The molecule has 1 fully saturated rings. The van der Waals surface area contributed by atoms with Crippen molar-refractivity contribution in [3.8, 4) is 17.4 Å². The molecule has 2 aromatic heterocycles. The molecule has 0 bridgehead atoms. The number of rotatable bonds is 5. The Bertz CT molecular complexity index is 1210. The molecule has 3 heterocycles. The fraction of sp³-hybridized carbons (Fsp3) is 0.364. The van der Waals surface area contributed by atoms with Crippen LogP contribution in [0.3, 0.4) is 0 Å². The molecule has 34 heavy (non-hydrogen) atoms. The highest BCUT2D eigenvalue weighted by Crippen LogP contribution is 2.38. The van der Waals surface area contributed by atoms with Gasteiger partial charge in [0.1, 0.15) is 24.0 Å². The van der Waals surface area contributed by atoms with Gasteiger partial charge in [0.2, 0.25) is 5.88 Å². The number of anilines is 2. The van der Waals surface area contributed by atoms with E-state index in [0.717, 1.165) is 11.9 Å². The number of para-hydroxylation sites is 1. The highest BCUT2D eigenvalue weighted by molar-refractivity contribution is 7.69. The van der Waals surface area contributed by atoms with Gasteiger partial charge in [-0.05, 0) is 25.5 Å². The van der Waals surface area contributed by atoms with Crippen molar-refractivity contribution in [3.05, 3.63) is 48.3 Å². The largest absolute Gasteiger partial charge is 0.479 e. The maximum atomic E-state index is 13.8. The Kier molecular flexibility index (Phi) is 6.49. The van der Waals surface area contributed by atoms with Crippen LogP contribution < -0.4 is 20.0 Å². The van der Waals surface area contributed by atoms with Crippen molar-refractivity contribution in [2.75, 3.05) is 56.4 Å². The van der Waals surface area contributed by atoms with Crippen LogP contribution >= 0.6 is 7.14 Å². The number of benzene rings is 1. The molecule has 0 aliphatic carbocycles. The lowest BCUT2D eigenvalue weighted by Gasteiger charge is -2.37. The molecule has 0 saturated carbocycles. The van der Waals surface area contributed by atoms with Gasteiger partial charge in [-0.15, -0.1) is 0 Å². The number of nitrogens with zero attached hydrogens (tertiary/aromatic N) is 6. The SMILES string of the molecule is COc1nc(P(C)(C)=O)cnc1-c1ncc(C(F)(F)F)c(N2CCN(c3ccccc3)CC2)n1. The van der Waals surface area contributed by atoms with E-state index in [-0.39, 0.29) is 28.7 Å². The minimum atomic E-state index is -4.62. The first-order valence-corrected chi connectivity index (χ1v) is 13.1. The van der Waals surface area contributed by atoms with Gasteiger partial charge in [-0.2, -0.15) is 13.2 Å². The summed E-state index contributed by atoms with van der Waals surface area (Å²) in [5.41, 5.74) is 0.431. The molecule has 1 aliphatic heterocycles. The maximum absolute atomic E-state index is 13.8. The number of ether oxygens (including phenoxy) is 1. The number of aromatic nitrogens is 4. The lowest BCUT2D eigenvalue weighted by molar-refractivity contribution is -0.137. The number of hydrogen-bond donors (Lipinski definition) is 0. The molecule has 0 radical (unpaired) electrons. The van der Waals surface area contributed by atoms with E-state index in [1.165, 1.54) is 26.6 Å². The highest BCUT2D eigenvalue weighted by Gasteiger charge is 2.38. The van der Waals surface area contributed by atoms with Crippen LogP contribution in [0.1, 0.15) is 5.56 Å². The van der Waals surface area contributed by atoms with Crippen LogP contribution in [-0.4, -0.2) is 66.6 Å². The molecular formula is C22H24F3N6O2P. The minimum absolute atomic E-state index is 0.000954. The highest BCUT2D eigenvalue weighted by atomic mass is 31.2. The molecule has 0 atom stereocenters. The van der Waals surface area contributed by atoms with E-state index in [0.29, 0.717) is 26.2 Å². The fourth-order valence-corrected chi connectivity index (χ4v) is 4.33. The Hall–Kier alpha value is -3.20. The summed E-state index contributed by atoms with van der Waals surface area (Å²) in [6.07, 6.45) is -2.54. The second-order valence-corrected chi connectivity index (χ2v) is 11.3. The van der Waals surface area contributed by atoms with Crippen LogP contribution in [0.25, 0.3) is 11.5 Å². The summed E-state index contributed by atoms with van der Waals surface area (Å²) in [5.74, 6) is -0.262. The Morgan fingerprint density at radius 1 is 0.941 bits per heavy atom. The van der Waals surface area contributed by atoms with Gasteiger partial charge in [-0.25, -0.2) is 19.9 Å². The smallest absolute Gasteiger partial charge is 0.421 e. The zero-order valence-electron chi connectivity index (χ0n) is 19.0. The quantitative estimate of drug-likeness (QED) is 0.501. The van der Waals surface area contributed by atoms with Crippen molar-refractivity contribution in [2.24, 2.45) is 0 Å². The maximum Gasteiger partial charge on any atom is 0.421 e. The van der Waals surface area contributed by atoms with E-state index < -0.39 is 18.9 Å². The van der Waals surface area contributed by atoms with E-state index in [2.05, 4.69) is 24.8 Å². The summed E-state index contributed by atoms with van der Waals surface area (Å²) in [5, 5.41) is 0. The third-order valence-electron chi connectivity index (χ3n) is 5.46. The van der Waals surface area contributed by atoms with Crippen LogP contribution in [0.5, 0.6) is 5.88 Å². The Labute approximate surface area is 195 Å². The number of halogens is 3. The third kappa shape index (κ3) is 4.99. The molecule has 4 rings (SSSR count). The average molecular weight is 492 g/mol. The van der Waals surface area contributed by atoms with E-state index in [1.54, 1.807) is 4.90 Å². The summed E-state index contributed by atoms with van der Waals surface area (Å²) in [6, 6.07) is 9.71. The van der Waals surface area contributed by atoms with E-state index in [9.17, 15) is 17.7 Å². The van der Waals surface area contributed by atoms with Crippen molar-refractivity contribution in [1.82, 2.24) is 19.9 Å². The lowest BCUT2D eigenvalue weighted by atomic mass is 10.2. The van der Waals surface area contributed by atoms with Crippen LogP contribution in [-0.2, 0) is 10.7 Å². The van der Waals surface area contributed by atoms with Crippen molar-refractivity contribution in [3.63, 3.8) is 0 Å². The fourth-order valence-electron chi connectivity index (χ4n) is 3.66. The number of methoxy groups -OCH3 is 1. The van der Waals surface area contributed by atoms with Crippen LogP contribution in [0, 0.1) is 0 Å². The van der Waals surface area contributed by atoms with Crippen molar-refractivity contribution < 1.29 is 22.5 Å². The predicted molar refractivity (Wildman–Crippen MR) is 125 cm³/mol. The van der Waals surface area contributed by atoms with Crippen LogP contribution in [0.15, 0.2) is 42.7 Å². The molecule has 0 amide bonds. The lowest BCUT2D eigenvalue weighted by Crippen LogP contribution is -2.47. The second kappa shape index (κ2) is 9.21. The average Bonchev–Trinajstić information content (AvgIpc) is 2.83. The molecule has 3 aromatic rings. The number of hydrogen-bond acceptors (Lipinski definition) is 8. The first-order valence-electron chi connectivity index (χ1n) is 10.5. The molecule has 180 valence electrons. The van der Waals surface area contributed by atoms with Crippen LogP contribution in [0.4, 0.5) is 24.7 Å². The van der Waals surface area contributed by atoms with E-state index in [1.807, 2.05) is 30.3 Å². The molecule has 8 nitrogen and oxygen atoms in total. The Morgan fingerprint density at radius 3 is 2.18 bits per heavy atom. The van der Waals surface area contributed by atoms with E-state index in [4.69, 9.17) is 4.74 Å². The molecule has 0 N–H and O–H groups in total. The minimum Gasteiger partial charge on any atom is -0.479 e. The topological polar surface area (TPSA) is 84.3 Å². The summed E-state index contributed by atoms with van der Waals surface area (Å²) < 4.78 is 59.0. The molecular weight excluding hydrogens is 468 g/mol. The molecule has 0 spiro atoms. The standard InChI is InChI=1S/C22H24F3N6O2P/c1-33-21-18(26-14-17(28-21)34(2,3)32)19-27-13-16(22(23,24)25)20(29-19)31-11-9-30(10-12-31)15-7-5-4-6-8-15/h4-8,13-14H,9-12H2,1-3H3. The molecule has 1 aromatic carbocycles. The molecule has 0 unspecified atom stereocenters. The molecule has 1 saturated heterocycles. The first-order chi connectivity index (χ1) is 16.1. The zero-order chi connectivity index (χ0) is 24.5. The van der Waals surface area contributed by atoms with Crippen LogP contribution in [0.2, 0.25) is 0 Å². The normalized spacial score (nSPS) is 14.9. The Balaban J connectivity index is 1.69. The van der Waals surface area contributed by atoms with Gasteiger partial charge in [-0.3, -0.25) is 0 Å². The molecule has 1 aliphatic rings. The van der Waals surface area contributed by atoms with Crippen molar-refractivity contribution >= 4 is 24.1 Å². The molecule has 12 heteroatoms. The van der Waals surface area contributed by atoms with Gasteiger partial charge in [0, 0.05) is 38.1 Å². The Morgan fingerprint density at radius 2 is 1.59 bits per heavy atom.